The van der Waals surface area contributed by atoms with Crippen LogP contribution in [0.2, 0.25) is 0 Å². The highest BCUT2D eigenvalue weighted by molar-refractivity contribution is 7.13. The van der Waals surface area contributed by atoms with Gasteiger partial charge in [0.15, 0.2) is 5.13 Å². The predicted molar refractivity (Wildman–Crippen MR) is 67.4 cm³/mol. The molecule has 0 saturated heterocycles. The summed E-state index contributed by atoms with van der Waals surface area (Å²) in [6.07, 6.45) is 1.20. The normalized spacial score (nSPS) is 15.0. The van der Waals surface area contributed by atoms with Crippen LogP contribution in [-0.4, -0.2) is 18.6 Å². The van der Waals surface area contributed by atoms with Gasteiger partial charge >= 0.3 is 0 Å². The molecule has 0 bridgehead atoms. The molecule has 2 N–H and O–H groups in total. The first-order valence-electron chi connectivity index (χ1n) is 5.46. The molecule has 0 saturated carbocycles. The second-order valence-electron chi connectivity index (χ2n) is 4.24. The fourth-order valence-corrected chi connectivity index (χ4v) is 2.24. The van der Waals surface area contributed by atoms with Crippen molar-refractivity contribution in [2.24, 2.45) is 11.7 Å². The standard InChI is InChI=1S/C11H21N3S/c1-5-8(2)6-14(4)11-13-10(7-15-11)9(3)12/h7-9H,5-6,12H2,1-4H3. The van der Waals surface area contributed by atoms with E-state index in [9.17, 15) is 0 Å². The van der Waals surface area contributed by atoms with Crippen LogP contribution < -0.4 is 10.6 Å². The summed E-state index contributed by atoms with van der Waals surface area (Å²) in [5.74, 6) is 0.706. The minimum atomic E-state index is 0.0343. The lowest BCUT2D eigenvalue weighted by Crippen LogP contribution is -2.23. The van der Waals surface area contributed by atoms with Gasteiger partial charge in [0.2, 0.25) is 0 Å². The molecule has 4 heteroatoms. The summed E-state index contributed by atoms with van der Waals surface area (Å²) in [5.41, 5.74) is 6.77. The minimum absolute atomic E-state index is 0.0343. The van der Waals surface area contributed by atoms with Crippen LogP contribution in [0.4, 0.5) is 5.13 Å². The second kappa shape index (κ2) is 5.47. The molecule has 2 unspecified atom stereocenters. The average molecular weight is 227 g/mol. The summed E-state index contributed by atoms with van der Waals surface area (Å²) in [6.45, 7) is 7.50. The van der Waals surface area contributed by atoms with Crippen LogP contribution in [0.15, 0.2) is 5.38 Å². The maximum atomic E-state index is 5.78. The Hall–Kier alpha value is -0.610. The van der Waals surface area contributed by atoms with E-state index in [0.717, 1.165) is 17.4 Å². The Morgan fingerprint density at radius 3 is 2.67 bits per heavy atom. The molecule has 1 aromatic rings. The van der Waals surface area contributed by atoms with E-state index in [0.29, 0.717) is 5.92 Å². The first-order valence-corrected chi connectivity index (χ1v) is 6.34. The van der Waals surface area contributed by atoms with Crippen LogP contribution in [0.1, 0.15) is 38.9 Å². The smallest absolute Gasteiger partial charge is 0.185 e. The number of thiazole rings is 1. The Bertz CT molecular complexity index is 296. The number of nitrogens with two attached hydrogens (primary N) is 1. The molecule has 1 heterocycles. The van der Waals surface area contributed by atoms with Crippen LogP contribution >= 0.6 is 11.3 Å². The van der Waals surface area contributed by atoms with Crippen molar-refractivity contribution in [2.45, 2.75) is 33.2 Å². The lowest BCUT2D eigenvalue weighted by atomic mass is 10.1. The Morgan fingerprint density at radius 2 is 2.20 bits per heavy atom. The van der Waals surface area contributed by atoms with E-state index in [4.69, 9.17) is 5.73 Å². The third-order valence-electron chi connectivity index (χ3n) is 2.59. The van der Waals surface area contributed by atoms with Gasteiger partial charge in [-0.1, -0.05) is 20.3 Å². The Kier molecular flexibility index (Phi) is 4.54. The molecular formula is C11H21N3S. The fraction of sp³-hybridized carbons (Fsp3) is 0.727. The molecule has 0 radical (unpaired) electrons. The highest BCUT2D eigenvalue weighted by atomic mass is 32.1. The van der Waals surface area contributed by atoms with Crippen molar-refractivity contribution < 1.29 is 0 Å². The van der Waals surface area contributed by atoms with E-state index in [1.54, 1.807) is 11.3 Å². The van der Waals surface area contributed by atoms with E-state index in [1.165, 1.54) is 6.42 Å². The summed E-state index contributed by atoms with van der Waals surface area (Å²) in [7, 11) is 2.09. The van der Waals surface area contributed by atoms with Gasteiger partial charge in [0.25, 0.3) is 0 Å². The van der Waals surface area contributed by atoms with Crippen molar-refractivity contribution in [1.82, 2.24) is 4.98 Å². The van der Waals surface area contributed by atoms with Crippen molar-refractivity contribution in [3.8, 4) is 0 Å². The van der Waals surface area contributed by atoms with E-state index < -0.39 is 0 Å². The largest absolute Gasteiger partial charge is 0.351 e. The molecule has 0 spiro atoms. The number of nitrogens with zero attached hydrogens (tertiary/aromatic N) is 2. The second-order valence-corrected chi connectivity index (χ2v) is 5.07. The number of anilines is 1. The van der Waals surface area contributed by atoms with Gasteiger partial charge in [-0.3, -0.25) is 0 Å². The summed E-state index contributed by atoms with van der Waals surface area (Å²) < 4.78 is 0. The molecule has 0 aliphatic carbocycles. The summed E-state index contributed by atoms with van der Waals surface area (Å²) in [6, 6.07) is 0.0343. The molecule has 2 atom stereocenters. The van der Waals surface area contributed by atoms with Crippen LogP contribution in [0.3, 0.4) is 0 Å². The lowest BCUT2D eigenvalue weighted by Gasteiger charge is -2.19. The van der Waals surface area contributed by atoms with Gasteiger partial charge in [-0.05, 0) is 12.8 Å². The zero-order valence-electron chi connectivity index (χ0n) is 10.0. The van der Waals surface area contributed by atoms with Crippen LogP contribution in [-0.2, 0) is 0 Å². The van der Waals surface area contributed by atoms with Gasteiger partial charge < -0.3 is 10.6 Å². The summed E-state index contributed by atoms with van der Waals surface area (Å²) in [5, 5.41) is 3.12. The van der Waals surface area contributed by atoms with Crippen LogP contribution in [0.25, 0.3) is 0 Å². The molecule has 0 aliphatic rings. The minimum Gasteiger partial charge on any atom is -0.351 e. The number of rotatable bonds is 5. The quantitative estimate of drug-likeness (QED) is 0.841. The van der Waals surface area contributed by atoms with Gasteiger partial charge in [-0.15, -0.1) is 11.3 Å². The van der Waals surface area contributed by atoms with Gasteiger partial charge in [0.05, 0.1) is 5.69 Å². The maximum Gasteiger partial charge on any atom is 0.185 e. The molecule has 0 aromatic carbocycles. The highest BCUT2D eigenvalue weighted by Crippen LogP contribution is 2.23. The van der Waals surface area contributed by atoms with Gasteiger partial charge in [-0.2, -0.15) is 0 Å². The SMILES string of the molecule is CCC(C)CN(C)c1nc(C(C)N)cs1. The lowest BCUT2D eigenvalue weighted by molar-refractivity contribution is 0.559. The maximum absolute atomic E-state index is 5.78. The van der Waals surface area contributed by atoms with Gasteiger partial charge in [-0.25, -0.2) is 4.98 Å². The first kappa shape index (κ1) is 12.5. The summed E-state index contributed by atoms with van der Waals surface area (Å²) >= 11 is 1.67. The van der Waals surface area contributed by atoms with Gasteiger partial charge in [0, 0.05) is 25.0 Å². The van der Waals surface area contributed by atoms with Crippen molar-refractivity contribution in [2.75, 3.05) is 18.5 Å². The number of aromatic nitrogens is 1. The van der Waals surface area contributed by atoms with E-state index in [2.05, 4.69) is 30.8 Å². The third-order valence-corrected chi connectivity index (χ3v) is 3.56. The molecule has 0 amide bonds. The Morgan fingerprint density at radius 1 is 1.53 bits per heavy atom. The van der Waals surface area contributed by atoms with Crippen LogP contribution in [0.5, 0.6) is 0 Å². The topological polar surface area (TPSA) is 42.2 Å². The molecule has 1 rings (SSSR count). The average Bonchev–Trinajstić information content (AvgIpc) is 2.66. The monoisotopic (exact) mass is 227 g/mol. The van der Waals surface area contributed by atoms with Crippen molar-refractivity contribution in [3.63, 3.8) is 0 Å². The molecule has 0 fully saturated rings. The third kappa shape index (κ3) is 3.47. The highest BCUT2D eigenvalue weighted by Gasteiger charge is 2.11. The first-order chi connectivity index (χ1) is 7.04. The van der Waals surface area contributed by atoms with Crippen LogP contribution in [0, 0.1) is 5.92 Å². The van der Waals surface area contributed by atoms with E-state index in [1.807, 2.05) is 12.3 Å². The van der Waals surface area contributed by atoms with E-state index in [-0.39, 0.29) is 6.04 Å². The number of hydrogen-bond donors (Lipinski definition) is 1. The van der Waals surface area contributed by atoms with Gasteiger partial charge in [0.1, 0.15) is 0 Å². The molecule has 15 heavy (non-hydrogen) atoms. The Balaban J connectivity index is 2.61. The molecule has 1 aromatic heterocycles. The van der Waals surface area contributed by atoms with Crippen molar-refractivity contribution in [1.29, 1.82) is 0 Å². The van der Waals surface area contributed by atoms with Crippen molar-refractivity contribution >= 4 is 16.5 Å². The number of hydrogen-bond acceptors (Lipinski definition) is 4. The Labute approximate surface area is 96.3 Å². The zero-order chi connectivity index (χ0) is 11.4. The summed E-state index contributed by atoms with van der Waals surface area (Å²) in [4.78, 5) is 6.73. The molecule has 3 nitrogen and oxygen atoms in total. The van der Waals surface area contributed by atoms with Crippen molar-refractivity contribution in [3.05, 3.63) is 11.1 Å². The van der Waals surface area contributed by atoms with E-state index >= 15 is 0 Å². The molecule has 86 valence electrons. The molecular weight excluding hydrogens is 206 g/mol. The fourth-order valence-electron chi connectivity index (χ4n) is 1.34. The predicted octanol–water partition coefficient (Wildman–Crippen LogP) is 2.65. The molecule has 0 aliphatic heterocycles. The zero-order valence-corrected chi connectivity index (χ0v) is 10.8.